The van der Waals surface area contributed by atoms with Crippen LogP contribution in [0.3, 0.4) is 0 Å². The monoisotopic (exact) mass is 294 g/mol. The third-order valence-electron chi connectivity index (χ3n) is 3.20. The second kappa shape index (κ2) is 5.60. The first-order chi connectivity index (χ1) is 9.81. The van der Waals surface area contributed by atoms with Gasteiger partial charge in [0.2, 0.25) is 0 Å². The number of aryl methyl sites for hydroxylation is 1. The average molecular weight is 294 g/mol. The van der Waals surface area contributed by atoms with Crippen LogP contribution in [0.5, 0.6) is 0 Å². The largest absolute Gasteiger partial charge is 0.478 e. The number of halogens is 3. The van der Waals surface area contributed by atoms with E-state index in [0.717, 1.165) is 18.1 Å². The smallest absolute Gasteiger partial charge is 0.416 e. The summed E-state index contributed by atoms with van der Waals surface area (Å²) in [4.78, 5) is 11.0. The Morgan fingerprint density at radius 2 is 1.67 bits per heavy atom. The summed E-state index contributed by atoms with van der Waals surface area (Å²) in [5, 5.41) is 8.96. The summed E-state index contributed by atoms with van der Waals surface area (Å²) in [6.07, 6.45) is -3.76. The molecule has 2 aromatic rings. The molecule has 110 valence electrons. The van der Waals surface area contributed by atoms with E-state index in [-0.39, 0.29) is 11.1 Å². The van der Waals surface area contributed by atoms with Crippen LogP contribution in [-0.2, 0) is 12.6 Å². The molecule has 2 aromatic carbocycles. The minimum Gasteiger partial charge on any atom is -0.478 e. The van der Waals surface area contributed by atoms with Crippen LogP contribution >= 0.6 is 0 Å². The van der Waals surface area contributed by atoms with Crippen molar-refractivity contribution in [2.24, 2.45) is 0 Å². The summed E-state index contributed by atoms with van der Waals surface area (Å²) in [5.41, 5.74) is 0.520. The molecule has 0 saturated heterocycles. The third kappa shape index (κ3) is 3.42. The molecule has 0 saturated carbocycles. The molecule has 0 aliphatic heterocycles. The van der Waals surface area contributed by atoms with Crippen LogP contribution in [0.25, 0.3) is 11.1 Å². The lowest BCUT2D eigenvalue weighted by molar-refractivity contribution is -0.137. The molecule has 0 aliphatic rings. The number of carboxylic acid groups (broad SMARTS) is 1. The normalized spacial score (nSPS) is 11.4. The SMILES string of the molecule is CCc1ccc(-c2cc(C(=O)O)cc(C(F)(F)F)c2)cc1. The maximum atomic E-state index is 12.9. The van der Waals surface area contributed by atoms with Gasteiger partial charge in [-0.3, -0.25) is 0 Å². The number of alkyl halides is 3. The molecule has 0 heterocycles. The topological polar surface area (TPSA) is 37.3 Å². The number of carboxylic acids is 1. The Hall–Kier alpha value is -2.30. The minimum absolute atomic E-state index is 0.241. The van der Waals surface area contributed by atoms with E-state index >= 15 is 0 Å². The van der Waals surface area contributed by atoms with E-state index in [1.165, 1.54) is 6.07 Å². The van der Waals surface area contributed by atoms with Gasteiger partial charge in [-0.15, -0.1) is 0 Å². The van der Waals surface area contributed by atoms with Crippen LogP contribution in [0, 0.1) is 0 Å². The molecule has 0 bridgehead atoms. The lowest BCUT2D eigenvalue weighted by Crippen LogP contribution is -2.08. The van der Waals surface area contributed by atoms with E-state index < -0.39 is 17.7 Å². The zero-order valence-corrected chi connectivity index (χ0v) is 11.2. The van der Waals surface area contributed by atoms with Crippen LogP contribution in [-0.4, -0.2) is 11.1 Å². The van der Waals surface area contributed by atoms with Gasteiger partial charge >= 0.3 is 12.1 Å². The molecule has 0 spiro atoms. The lowest BCUT2D eigenvalue weighted by Gasteiger charge is -2.11. The highest BCUT2D eigenvalue weighted by atomic mass is 19.4. The van der Waals surface area contributed by atoms with Gasteiger partial charge in [0, 0.05) is 0 Å². The Balaban J connectivity index is 2.56. The van der Waals surface area contributed by atoms with Gasteiger partial charge in [0.25, 0.3) is 0 Å². The van der Waals surface area contributed by atoms with Crippen molar-refractivity contribution in [1.82, 2.24) is 0 Å². The Labute approximate surface area is 119 Å². The summed E-state index contributed by atoms with van der Waals surface area (Å²) in [5.74, 6) is -1.38. The molecule has 0 radical (unpaired) electrons. The zero-order chi connectivity index (χ0) is 15.6. The van der Waals surface area contributed by atoms with Gasteiger partial charge in [-0.25, -0.2) is 4.79 Å². The molecule has 2 nitrogen and oxygen atoms in total. The molecule has 0 unspecified atom stereocenters. The second-order valence-electron chi connectivity index (χ2n) is 4.65. The van der Waals surface area contributed by atoms with Crippen LogP contribution in [0.2, 0.25) is 0 Å². The molecule has 0 aliphatic carbocycles. The lowest BCUT2D eigenvalue weighted by atomic mass is 9.98. The quantitative estimate of drug-likeness (QED) is 0.896. The number of hydrogen-bond donors (Lipinski definition) is 1. The minimum atomic E-state index is -4.58. The summed E-state index contributed by atoms with van der Waals surface area (Å²) in [7, 11) is 0. The molecule has 2 rings (SSSR count). The van der Waals surface area contributed by atoms with E-state index in [4.69, 9.17) is 5.11 Å². The van der Waals surface area contributed by atoms with Gasteiger partial charge in [0.15, 0.2) is 0 Å². The summed E-state index contributed by atoms with van der Waals surface area (Å²) >= 11 is 0. The Morgan fingerprint density at radius 1 is 1.05 bits per heavy atom. The van der Waals surface area contributed by atoms with Crippen molar-refractivity contribution in [3.8, 4) is 11.1 Å². The highest BCUT2D eigenvalue weighted by molar-refractivity contribution is 5.90. The molecule has 0 aromatic heterocycles. The standard InChI is InChI=1S/C16H13F3O2/c1-2-10-3-5-11(6-4-10)12-7-13(15(20)21)9-14(8-12)16(17,18)19/h3-9H,2H2,1H3,(H,20,21). The van der Waals surface area contributed by atoms with Gasteiger partial charge in [0.05, 0.1) is 11.1 Å². The second-order valence-corrected chi connectivity index (χ2v) is 4.65. The molecule has 21 heavy (non-hydrogen) atoms. The number of rotatable bonds is 3. The van der Waals surface area contributed by atoms with E-state index in [1.54, 1.807) is 12.1 Å². The van der Waals surface area contributed by atoms with Crippen molar-refractivity contribution < 1.29 is 23.1 Å². The van der Waals surface area contributed by atoms with Crippen molar-refractivity contribution >= 4 is 5.97 Å². The van der Waals surface area contributed by atoms with Crippen LogP contribution in [0.4, 0.5) is 13.2 Å². The highest BCUT2D eigenvalue weighted by Crippen LogP contribution is 2.33. The van der Waals surface area contributed by atoms with Gasteiger partial charge in [-0.05, 0) is 41.3 Å². The van der Waals surface area contributed by atoms with Crippen molar-refractivity contribution in [1.29, 1.82) is 0 Å². The first-order valence-electron chi connectivity index (χ1n) is 6.36. The number of aromatic carboxylic acids is 1. The molecule has 1 N–H and O–H groups in total. The van der Waals surface area contributed by atoms with E-state index in [0.29, 0.717) is 11.6 Å². The van der Waals surface area contributed by atoms with Gasteiger partial charge < -0.3 is 5.11 Å². The van der Waals surface area contributed by atoms with Gasteiger partial charge in [0.1, 0.15) is 0 Å². The first kappa shape index (κ1) is 15.1. The van der Waals surface area contributed by atoms with E-state index in [1.807, 2.05) is 19.1 Å². The third-order valence-corrected chi connectivity index (χ3v) is 3.20. The fourth-order valence-corrected chi connectivity index (χ4v) is 2.01. The van der Waals surface area contributed by atoms with Crippen molar-refractivity contribution in [2.75, 3.05) is 0 Å². The maximum Gasteiger partial charge on any atom is 0.416 e. The van der Waals surface area contributed by atoms with Crippen LogP contribution in [0.1, 0.15) is 28.4 Å². The predicted molar refractivity (Wildman–Crippen MR) is 73.2 cm³/mol. The Kier molecular flexibility index (Phi) is 4.02. The van der Waals surface area contributed by atoms with Gasteiger partial charge in [-0.2, -0.15) is 13.2 Å². The Bertz CT molecular complexity index is 658. The molecular formula is C16H13F3O2. The van der Waals surface area contributed by atoms with E-state index in [2.05, 4.69) is 0 Å². The molecule has 0 amide bonds. The number of benzene rings is 2. The number of hydrogen-bond acceptors (Lipinski definition) is 1. The summed E-state index contributed by atoms with van der Waals surface area (Å²) in [6.45, 7) is 1.97. The molecule has 0 atom stereocenters. The molecular weight excluding hydrogens is 281 g/mol. The Morgan fingerprint density at radius 3 is 2.14 bits per heavy atom. The van der Waals surface area contributed by atoms with Crippen molar-refractivity contribution in [3.63, 3.8) is 0 Å². The molecule has 0 fully saturated rings. The zero-order valence-electron chi connectivity index (χ0n) is 11.2. The summed E-state index contributed by atoms with van der Waals surface area (Å²) < 4.78 is 38.6. The average Bonchev–Trinajstić information content (AvgIpc) is 2.46. The van der Waals surface area contributed by atoms with Crippen LogP contribution < -0.4 is 0 Å². The highest BCUT2D eigenvalue weighted by Gasteiger charge is 2.31. The van der Waals surface area contributed by atoms with Crippen molar-refractivity contribution in [3.05, 3.63) is 59.2 Å². The summed E-state index contributed by atoms with van der Waals surface area (Å²) in [6, 6.07) is 9.88. The van der Waals surface area contributed by atoms with Gasteiger partial charge in [-0.1, -0.05) is 31.2 Å². The molecule has 5 heteroatoms. The van der Waals surface area contributed by atoms with Crippen molar-refractivity contribution in [2.45, 2.75) is 19.5 Å². The maximum absolute atomic E-state index is 12.9. The van der Waals surface area contributed by atoms with Crippen LogP contribution in [0.15, 0.2) is 42.5 Å². The fraction of sp³-hybridized carbons (Fsp3) is 0.188. The first-order valence-corrected chi connectivity index (χ1v) is 6.36. The predicted octanol–water partition coefficient (Wildman–Crippen LogP) is 4.63. The van der Waals surface area contributed by atoms with E-state index in [9.17, 15) is 18.0 Å². The fourth-order valence-electron chi connectivity index (χ4n) is 2.01. The number of carbonyl (C=O) groups is 1.